The predicted octanol–water partition coefficient (Wildman–Crippen LogP) is 1.99. The molecule has 1 aliphatic heterocycles. The van der Waals surface area contributed by atoms with Crippen LogP contribution in [0.4, 0.5) is 0 Å². The van der Waals surface area contributed by atoms with Crippen molar-refractivity contribution in [1.29, 1.82) is 0 Å². The lowest BCUT2D eigenvalue weighted by Crippen LogP contribution is -2.60. The van der Waals surface area contributed by atoms with E-state index >= 15 is 0 Å². The van der Waals surface area contributed by atoms with E-state index in [0.717, 1.165) is 12.0 Å². The first-order valence-corrected chi connectivity index (χ1v) is 7.53. The van der Waals surface area contributed by atoms with Gasteiger partial charge in [0, 0.05) is 13.0 Å². The Morgan fingerprint density at radius 2 is 1.90 bits per heavy atom. The van der Waals surface area contributed by atoms with Crippen molar-refractivity contribution in [3.05, 3.63) is 35.9 Å². The van der Waals surface area contributed by atoms with Crippen LogP contribution in [0.5, 0.6) is 0 Å². The quantitative estimate of drug-likeness (QED) is 0.901. The number of carbonyl (C=O) groups excluding carboxylic acids is 2. The van der Waals surface area contributed by atoms with Crippen LogP contribution in [-0.4, -0.2) is 35.8 Å². The fraction of sp³-hybridized carbons (Fsp3) is 0.529. The molecule has 0 bridgehead atoms. The summed E-state index contributed by atoms with van der Waals surface area (Å²) >= 11 is 0. The molecule has 1 aliphatic rings. The van der Waals surface area contributed by atoms with E-state index in [1.54, 1.807) is 4.90 Å². The molecular formula is C17H24N2O2. The van der Waals surface area contributed by atoms with Gasteiger partial charge in [-0.3, -0.25) is 9.59 Å². The predicted molar refractivity (Wildman–Crippen MR) is 82.7 cm³/mol. The maximum absolute atomic E-state index is 12.6. The second-order valence-electron chi connectivity index (χ2n) is 6.52. The van der Waals surface area contributed by atoms with E-state index in [1.807, 2.05) is 30.3 Å². The Morgan fingerprint density at radius 3 is 2.52 bits per heavy atom. The van der Waals surface area contributed by atoms with Crippen molar-refractivity contribution in [3.63, 3.8) is 0 Å². The average molecular weight is 288 g/mol. The van der Waals surface area contributed by atoms with Crippen LogP contribution in [0.3, 0.4) is 0 Å². The summed E-state index contributed by atoms with van der Waals surface area (Å²) in [5.74, 6) is -0.0394. The lowest BCUT2D eigenvalue weighted by atomic mass is 9.89. The Morgan fingerprint density at radius 1 is 1.24 bits per heavy atom. The molecule has 1 heterocycles. The van der Waals surface area contributed by atoms with E-state index < -0.39 is 6.04 Å². The number of nitrogens with zero attached hydrogens (tertiary/aromatic N) is 1. The van der Waals surface area contributed by atoms with Crippen molar-refractivity contribution in [3.8, 4) is 0 Å². The van der Waals surface area contributed by atoms with Gasteiger partial charge < -0.3 is 10.2 Å². The molecule has 0 spiro atoms. The highest BCUT2D eigenvalue weighted by atomic mass is 16.2. The Balaban J connectivity index is 2.09. The second kappa shape index (κ2) is 6.29. The van der Waals surface area contributed by atoms with E-state index in [1.165, 1.54) is 0 Å². The lowest BCUT2D eigenvalue weighted by Gasteiger charge is -2.37. The number of amides is 2. The monoisotopic (exact) mass is 288 g/mol. The molecule has 1 aromatic carbocycles. The van der Waals surface area contributed by atoms with Crippen LogP contribution < -0.4 is 5.32 Å². The molecule has 1 aromatic rings. The molecule has 2 amide bonds. The molecule has 114 valence electrons. The third kappa shape index (κ3) is 4.06. The number of carbonyl (C=O) groups is 2. The first kappa shape index (κ1) is 15.5. The minimum Gasteiger partial charge on any atom is -0.342 e. The van der Waals surface area contributed by atoms with Crippen LogP contribution in [0.15, 0.2) is 30.3 Å². The van der Waals surface area contributed by atoms with E-state index in [2.05, 4.69) is 26.1 Å². The zero-order valence-electron chi connectivity index (χ0n) is 13.1. The van der Waals surface area contributed by atoms with Gasteiger partial charge in [-0.1, -0.05) is 51.1 Å². The van der Waals surface area contributed by atoms with Crippen molar-refractivity contribution >= 4 is 11.8 Å². The number of hydrogen-bond acceptors (Lipinski definition) is 2. The van der Waals surface area contributed by atoms with E-state index in [-0.39, 0.29) is 23.8 Å². The number of nitrogens with one attached hydrogen (secondary N) is 1. The third-order valence-electron chi connectivity index (χ3n) is 4.14. The van der Waals surface area contributed by atoms with Crippen molar-refractivity contribution in [2.45, 2.75) is 39.7 Å². The summed E-state index contributed by atoms with van der Waals surface area (Å²) in [7, 11) is 0. The fourth-order valence-electron chi connectivity index (χ4n) is 2.52. The Bertz CT molecular complexity index is 511. The Hall–Kier alpha value is -1.84. The Labute approximate surface area is 126 Å². The fourth-order valence-corrected chi connectivity index (χ4v) is 2.52. The highest BCUT2D eigenvalue weighted by Gasteiger charge is 2.35. The SMILES string of the molecule is CCC(C)(C)CN1CC(=O)NC(Cc2ccccc2)C1=O. The first-order valence-electron chi connectivity index (χ1n) is 7.53. The molecule has 1 N–H and O–H groups in total. The van der Waals surface area contributed by atoms with E-state index in [9.17, 15) is 9.59 Å². The molecule has 2 rings (SSSR count). The minimum absolute atomic E-state index is 0.0278. The molecular weight excluding hydrogens is 264 g/mol. The van der Waals surface area contributed by atoms with Gasteiger partial charge in [0.15, 0.2) is 0 Å². The maximum Gasteiger partial charge on any atom is 0.245 e. The number of piperazine rings is 1. The molecule has 0 radical (unpaired) electrons. The third-order valence-corrected chi connectivity index (χ3v) is 4.14. The zero-order valence-corrected chi connectivity index (χ0v) is 13.1. The lowest BCUT2D eigenvalue weighted by molar-refractivity contribution is -0.145. The number of rotatable bonds is 5. The van der Waals surface area contributed by atoms with E-state index in [0.29, 0.717) is 13.0 Å². The highest BCUT2D eigenvalue weighted by Crippen LogP contribution is 2.22. The molecule has 1 saturated heterocycles. The van der Waals surface area contributed by atoms with Crippen LogP contribution in [0, 0.1) is 5.41 Å². The van der Waals surface area contributed by atoms with Gasteiger partial charge in [0.05, 0.1) is 6.54 Å². The summed E-state index contributed by atoms with van der Waals surface area (Å²) in [6, 6.07) is 9.36. The van der Waals surface area contributed by atoms with Crippen LogP contribution in [0.1, 0.15) is 32.8 Å². The van der Waals surface area contributed by atoms with Gasteiger partial charge in [0.2, 0.25) is 11.8 Å². The summed E-state index contributed by atoms with van der Waals surface area (Å²) in [6.07, 6.45) is 1.52. The topological polar surface area (TPSA) is 49.4 Å². The number of hydrogen-bond donors (Lipinski definition) is 1. The highest BCUT2D eigenvalue weighted by molar-refractivity contribution is 5.95. The largest absolute Gasteiger partial charge is 0.342 e. The maximum atomic E-state index is 12.6. The van der Waals surface area contributed by atoms with Crippen LogP contribution >= 0.6 is 0 Å². The van der Waals surface area contributed by atoms with Gasteiger partial charge in [0.1, 0.15) is 6.04 Å². The number of benzene rings is 1. The average Bonchev–Trinajstić information content (AvgIpc) is 2.45. The molecule has 0 saturated carbocycles. The van der Waals surface area contributed by atoms with Crippen molar-refractivity contribution in [2.24, 2.45) is 5.41 Å². The van der Waals surface area contributed by atoms with Crippen molar-refractivity contribution in [2.75, 3.05) is 13.1 Å². The molecule has 1 fully saturated rings. The molecule has 21 heavy (non-hydrogen) atoms. The van der Waals surface area contributed by atoms with Gasteiger partial charge in [-0.25, -0.2) is 0 Å². The van der Waals surface area contributed by atoms with Crippen molar-refractivity contribution < 1.29 is 9.59 Å². The normalized spacial score (nSPS) is 19.6. The molecule has 1 atom stereocenters. The molecule has 0 aliphatic carbocycles. The summed E-state index contributed by atoms with van der Waals surface area (Å²) in [5.41, 5.74) is 1.10. The minimum atomic E-state index is -0.443. The Kier molecular flexibility index (Phi) is 4.66. The van der Waals surface area contributed by atoms with E-state index in [4.69, 9.17) is 0 Å². The second-order valence-corrected chi connectivity index (χ2v) is 6.52. The van der Waals surface area contributed by atoms with Gasteiger partial charge in [-0.05, 0) is 17.4 Å². The summed E-state index contributed by atoms with van der Waals surface area (Å²) in [6.45, 7) is 7.16. The first-order chi connectivity index (χ1) is 9.91. The molecule has 4 nitrogen and oxygen atoms in total. The molecule has 0 aromatic heterocycles. The summed E-state index contributed by atoms with van der Waals surface area (Å²) < 4.78 is 0. The molecule has 4 heteroatoms. The smallest absolute Gasteiger partial charge is 0.245 e. The summed E-state index contributed by atoms with van der Waals surface area (Å²) in [4.78, 5) is 26.2. The molecule has 1 unspecified atom stereocenters. The van der Waals surface area contributed by atoms with Crippen LogP contribution in [0.2, 0.25) is 0 Å². The zero-order chi connectivity index (χ0) is 15.5. The standard InChI is InChI=1S/C17H24N2O2/c1-4-17(2,3)12-19-11-15(20)18-14(16(19)21)10-13-8-6-5-7-9-13/h5-9,14H,4,10-12H2,1-3H3,(H,18,20). The van der Waals surface area contributed by atoms with Gasteiger partial charge in [-0.2, -0.15) is 0 Å². The van der Waals surface area contributed by atoms with Crippen molar-refractivity contribution in [1.82, 2.24) is 10.2 Å². The van der Waals surface area contributed by atoms with Gasteiger partial charge in [-0.15, -0.1) is 0 Å². The van der Waals surface area contributed by atoms with Gasteiger partial charge >= 0.3 is 0 Å². The van der Waals surface area contributed by atoms with Crippen LogP contribution in [0.25, 0.3) is 0 Å². The van der Waals surface area contributed by atoms with Gasteiger partial charge in [0.25, 0.3) is 0 Å². The summed E-state index contributed by atoms with van der Waals surface area (Å²) in [5, 5.41) is 2.82. The van der Waals surface area contributed by atoms with Crippen LogP contribution in [-0.2, 0) is 16.0 Å².